The summed E-state index contributed by atoms with van der Waals surface area (Å²) in [6, 6.07) is 6.29. The van der Waals surface area contributed by atoms with Crippen LogP contribution >= 0.6 is 11.3 Å². The van der Waals surface area contributed by atoms with Crippen LogP contribution in [0.1, 0.15) is 24.8 Å². The Morgan fingerprint density at radius 3 is 2.92 bits per heavy atom. The van der Waals surface area contributed by atoms with Gasteiger partial charge in [0.1, 0.15) is 10.9 Å². The quantitative estimate of drug-likeness (QED) is 0.866. The number of carbonyl (C=O) groups excluding carboxylic acids is 1. The number of piperidine rings is 1. The van der Waals surface area contributed by atoms with Crippen molar-refractivity contribution in [3.8, 4) is 0 Å². The number of amidine groups is 1. The van der Waals surface area contributed by atoms with E-state index in [4.69, 9.17) is 0 Å². The zero-order valence-corrected chi connectivity index (χ0v) is 14.9. The average Bonchev–Trinajstić information content (AvgIpc) is 3.21. The van der Waals surface area contributed by atoms with Gasteiger partial charge in [-0.15, -0.1) is 15.7 Å². The number of sulfonamides is 1. The number of aromatic nitrogens is 1. The molecule has 4 rings (SSSR count). The molecule has 3 heterocycles. The van der Waals surface area contributed by atoms with E-state index in [0.29, 0.717) is 29.5 Å². The number of fused-ring (bicyclic) bond motifs is 1. The first-order chi connectivity index (χ1) is 12.1. The maximum atomic E-state index is 12.7. The molecule has 0 bridgehead atoms. The average molecular weight is 376 g/mol. The van der Waals surface area contributed by atoms with E-state index >= 15 is 0 Å². The van der Waals surface area contributed by atoms with E-state index < -0.39 is 16.1 Å². The van der Waals surface area contributed by atoms with Gasteiger partial charge in [-0.2, -0.15) is 8.42 Å². The zero-order valence-electron chi connectivity index (χ0n) is 13.3. The smallest absolute Gasteiger partial charge is 0.285 e. The Hall–Kier alpha value is -2.26. The molecule has 0 saturated carbocycles. The highest BCUT2D eigenvalue weighted by Gasteiger charge is 2.38. The third kappa shape index (κ3) is 2.93. The lowest BCUT2D eigenvalue weighted by atomic mass is 10.00. The van der Waals surface area contributed by atoms with Crippen molar-refractivity contribution in [3.63, 3.8) is 0 Å². The Morgan fingerprint density at radius 1 is 1.28 bits per heavy atom. The molecule has 7 nitrogen and oxygen atoms in total. The number of hydrogen-bond acceptors (Lipinski definition) is 6. The van der Waals surface area contributed by atoms with Gasteiger partial charge in [0.2, 0.25) is 5.91 Å². The topological polar surface area (TPSA) is 91.7 Å². The van der Waals surface area contributed by atoms with Crippen molar-refractivity contribution < 1.29 is 13.2 Å². The van der Waals surface area contributed by atoms with Crippen molar-refractivity contribution >= 4 is 38.2 Å². The molecule has 1 atom stereocenters. The Kier molecular flexibility index (Phi) is 4.04. The number of anilines is 1. The highest BCUT2D eigenvalue weighted by molar-refractivity contribution is 7.90. The number of hydrogen-bond donors (Lipinski definition) is 1. The molecule has 1 fully saturated rings. The molecule has 0 spiro atoms. The SMILES string of the molecule is O=C(Nc1nccs1)[C@@H]1CCCCN1C1=NS(=O)(=O)c2ccccc21. The van der Waals surface area contributed by atoms with Crippen LogP contribution in [0.5, 0.6) is 0 Å². The number of carbonyl (C=O) groups is 1. The van der Waals surface area contributed by atoms with Crippen LogP contribution in [0.25, 0.3) is 0 Å². The molecule has 0 unspecified atom stereocenters. The molecule has 130 valence electrons. The normalized spacial score (nSPS) is 21.5. The summed E-state index contributed by atoms with van der Waals surface area (Å²) >= 11 is 1.35. The molecular formula is C16H16N4O3S2. The van der Waals surface area contributed by atoms with Crippen LogP contribution in [-0.2, 0) is 14.8 Å². The predicted molar refractivity (Wildman–Crippen MR) is 95.3 cm³/mol. The maximum Gasteiger partial charge on any atom is 0.285 e. The number of thiazole rings is 1. The van der Waals surface area contributed by atoms with E-state index in [9.17, 15) is 13.2 Å². The van der Waals surface area contributed by atoms with E-state index in [1.54, 1.807) is 35.8 Å². The molecular weight excluding hydrogens is 360 g/mol. The Bertz CT molecular complexity index is 938. The molecule has 1 aromatic heterocycles. The van der Waals surface area contributed by atoms with Crippen LogP contribution in [0.3, 0.4) is 0 Å². The minimum Gasteiger partial charge on any atom is -0.343 e. The first-order valence-corrected chi connectivity index (χ1v) is 10.3. The van der Waals surface area contributed by atoms with E-state index in [0.717, 1.165) is 12.8 Å². The number of benzene rings is 1. The van der Waals surface area contributed by atoms with Crippen LogP contribution in [-0.4, -0.2) is 42.6 Å². The van der Waals surface area contributed by atoms with Crippen molar-refractivity contribution in [2.45, 2.75) is 30.2 Å². The molecule has 9 heteroatoms. The molecule has 2 aromatic rings. The van der Waals surface area contributed by atoms with Crippen molar-refractivity contribution in [3.05, 3.63) is 41.4 Å². The van der Waals surface area contributed by atoms with Gasteiger partial charge in [-0.1, -0.05) is 12.1 Å². The van der Waals surface area contributed by atoms with Gasteiger partial charge >= 0.3 is 0 Å². The molecule has 1 N–H and O–H groups in total. The van der Waals surface area contributed by atoms with E-state index in [2.05, 4.69) is 14.7 Å². The van der Waals surface area contributed by atoms with Crippen molar-refractivity contribution in [1.29, 1.82) is 0 Å². The van der Waals surface area contributed by atoms with E-state index in [1.807, 2.05) is 4.90 Å². The van der Waals surface area contributed by atoms with Crippen LogP contribution in [0.2, 0.25) is 0 Å². The summed E-state index contributed by atoms with van der Waals surface area (Å²) in [4.78, 5) is 18.8. The van der Waals surface area contributed by atoms with Gasteiger partial charge in [-0.05, 0) is 31.4 Å². The van der Waals surface area contributed by atoms with Gasteiger partial charge in [0, 0.05) is 23.7 Å². The molecule has 1 aromatic carbocycles. The second-order valence-corrected chi connectivity index (χ2v) is 8.38. The Balaban J connectivity index is 1.67. The summed E-state index contributed by atoms with van der Waals surface area (Å²) in [6.45, 7) is 0.596. The Labute approximate surface area is 149 Å². The number of nitrogens with one attached hydrogen (secondary N) is 1. The molecule has 0 aliphatic carbocycles. The summed E-state index contributed by atoms with van der Waals surface area (Å²) in [6.07, 6.45) is 4.08. The molecule has 1 saturated heterocycles. The summed E-state index contributed by atoms with van der Waals surface area (Å²) in [5.41, 5.74) is 0.566. The fourth-order valence-electron chi connectivity index (χ4n) is 3.23. The van der Waals surface area contributed by atoms with Crippen LogP contribution in [0, 0.1) is 0 Å². The van der Waals surface area contributed by atoms with Crippen molar-refractivity contribution in [2.75, 3.05) is 11.9 Å². The molecule has 25 heavy (non-hydrogen) atoms. The summed E-state index contributed by atoms with van der Waals surface area (Å²) in [5, 5.41) is 5.14. The fraction of sp³-hybridized carbons (Fsp3) is 0.312. The molecule has 2 aliphatic heterocycles. The van der Waals surface area contributed by atoms with E-state index in [1.165, 1.54) is 11.3 Å². The molecule has 1 amide bonds. The monoisotopic (exact) mass is 376 g/mol. The van der Waals surface area contributed by atoms with Crippen LogP contribution in [0.15, 0.2) is 45.1 Å². The van der Waals surface area contributed by atoms with Gasteiger partial charge in [0.15, 0.2) is 11.0 Å². The number of likely N-dealkylation sites (tertiary alicyclic amines) is 1. The minimum absolute atomic E-state index is 0.181. The van der Waals surface area contributed by atoms with Gasteiger partial charge < -0.3 is 10.2 Å². The third-order valence-corrected chi connectivity index (χ3v) is 6.37. The predicted octanol–water partition coefficient (Wildman–Crippen LogP) is 2.09. The first-order valence-electron chi connectivity index (χ1n) is 7.98. The lowest BCUT2D eigenvalue weighted by Crippen LogP contribution is -2.50. The summed E-state index contributed by atoms with van der Waals surface area (Å²) in [5.74, 6) is 0.189. The molecule has 2 aliphatic rings. The summed E-state index contributed by atoms with van der Waals surface area (Å²) < 4.78 is 28.6. The van der Waals surface area contributed by atoms with Crippen LogP contribution < -0.4 is 5.32 Å². The van der Waals surface area contributed by atoms with Gasteiger partial charge in [0.25, 0.3) is 10.0 Å². The zero-order chi connectivity index (χ0) is 17.4. The largest absolute Gasteiger partial charge is 0.343 e. The van der Waals surface area contributed by atoms with Crippen LogP contribution in [0.4, 0.5) is 5.13 Å². The highest BCUT2D eigenvalue weighted by atomic mass is 32.2. The van der Waals surface area contributed by atoms with Gasteiger partial charge in [-0.25, -0.2) is 4.98 Å². The third-order valence-electron chi connectivity index (χ3n) is 4.35. The van der Waals surface area contributed by atoms with Gasteiger partial charge in [0.05, 0.1) is 0 Å². The minimum atomic E-state index is -3.70. The van der Waals surface area contributed by atoms with Gasteiger partial charge in [-0.3, -0.25) is 4.79 Å². The number of amides is 1. The maximum absolute atomic E-state index is 12.7. The highest BCUT2D eigenvalue weighted by Crippen LogP contribution is 2.31. The lowest BCUT2D eigenvalue weighted by molar-refractivity contribution is -0.120. The number of rotatable bonds is 2. The standard InChI is InChI=1S/C16H16N4O3S2/c21-15(18-16-17-8-10-24-16)12-6-3-4-9-20(12)14-11-5-1-2-7-13(11)25(22,23)19-14/h1-2,5,7-8,10,12H,3-4,6,9H2,(H,17,18,21)/t12-/m0/s1. The fourth-order valence-corrected chi connectivity index (χ4v) is 4.98. The molecule has 0 radical (unpaired) electrons. The second kappa shape index (κ2) is 6.23. The van der Waals surface area contributed by atoms with Crippen molar-refractivity contribution in [2.24, 2.45) is 4.40 Å². The lowest BCUT2D eigenvalue weighted by Gasteiger charge is -2.35. The number of nitrogens with zero attached hydrogens (tertiary/aromatic N) is 3. The second-order valence-electron chi connectivity index (χ2n) is 5.92. The first kappa shape index (κ1) is 16.2. The Morgan fingerprint density at radius 2 is 2.12 bits per heavy atom. The van der Waals surface area contributed by atoms with E-state index in [-0.39, 0.29) is 10.8 Å². The van der Waals surface area contributed by atoms with Crippen molar-refractivity contribution in [1.82, 2.24) is 9.88 Å². The summed E-state index contributed by atoms with van der Waals surface area (Å²) in [7, 11) is -3.70.